The molecule has 162 valence electrons. The standard InChI is InChI=1S/C22H26N4O2.2ClH/c27-21(12-16-10-19-7-8-20(11-16)25-19)24-13-15-3-5-18(6-4-15)26-22(28)17-2-1-9-23-14-17;;/h1-6,9,14,16,19-20,25H,7-8,10-13H2,(H,24,27)(H,26,28);2*1H. The Morgan fingerprint density at radius 3 is 2.37 bits per heavy atom. The van der Waals surface area contributed by atoms with Crippen LogP contribution in [0.25, 0.3) is 0 Å². The van der Waals surface area contributed by atoms with E-state index in [4.69, 9.17) is 0 Å². The molecule has 2 atom stereocenters. The number of piperidine rings is 1. The predicted molar refractivity (Wildman–Crippen MR) is 122 cm³/mol. The van der Waals surface area contributed by atoms with Gasteiger partial charge in [0.05, 0.1) is 5.56 Å². The third-order valence-corrected chi connectivity index (χ3v) is 5.67. The Balaban J connectivity index is 0.00000160. The van der Waals surface area contributed by atoms with Crippen LogP contribution in [0.1, 0.15) is 48.0 Å². The number of benzene rings is 1. The molecule has 2 amide bonds. The quantitative estimate of drug-likeness (QED) is 0.625. The molecule has 1 aromatic carbocycles. The first-order valence-corrected chi connectivity index (χ1v) is 9.99. The summed E-state index contributed by atoms with van der Waals surface area (Å²) in [6, 6.07) is 12.2. The average Bonchev–Trinajstić information content (AvgIpc) is 3.06. The molecule has 2 saturated heterocycles. The molecule has 0 saturated carbocycles. The summed E-state index contributed by atoms with van der Waals surface area (Å²) >= 11 is 0. The molecule has 2 aromatic rings. The number of anilines is 1. The fourth-order valence-electron chi connectivity index (χ4n) is 4.28. The number of fused-ring (bicyclic) bond motifs is 2. The van der Waals surface area contributed by atoms with Crippen molar-refractivity contribution in [1.82, 2.24) is 15.6 Å². The van der Waals surface area contributed by atoms with Crippen molar-refractivity contribution in [2.45, 2.75) is 50.7 Å². The Morgan fingerprint density at radius 1 is 1.03 bits per heavy atom. The molecule has 30 heavy (non-hydrogen) atoms. The molecule has 2 unspecified atom stereocenters. The van der Waals surface area contributed by atoms with Crippen LogP contribution in [0.3, 0.4) is 0 Å². The summed E-state index contributed by atoms with van der Waals surface area (Å²) in [5, 5.41) is 9.49. The first-order chi connectivity index (χ1) is 13.7. The second kappa shape index (κ2) is 11.3. The lowest BCUT2D eigenvalue weighted by molar-refractivity contribution is -0.122. The molecule has 8 heteroatoms. The van der Waals surface area contributed by atoms with E-state index in [1.54, 1.807) is 18.3 Å². The molecule has 0 radical (unpaired) electrons. The van der Waals surface area contributed by atoms with Crippen molar-refractivity contribution in [3.05, 3.63) is 59.9 Å². The molecule has 3 N–H and O–H groups in total. The lowest BCUT2D eigenvalue weighted by atomic mass is 9.89. The lowest BCUT2D eigenvalue weighted by Crippen LogP contribution is -2.39. The van der Waals surface area contributed by atoms with E-state index in [1.165, 1.54) is 19.0 Å². The van der Waals surface area contributed by atoms with E-state index >= 15 is 0 Å². The van der Waals surface area contributed by atoms with Crippen molar-refractivity contribution < 1.29 is 9.59 Å². The summed E-state index contributed by atoms with van der Waals surface area (Å²) in [5.41, 5.74) is 2.25. The minimum Gasteiger partial charge on any atom is -0.352 e. The van der Waals surface area contributed by atoms with Gasteiger partial charge in [0.1, 0.15) is 0 Å². The average molecular weight is 451 g/mol. The predicted octanol–water partition coefficient (Wildman–Crippen LogP) is 3.71. The Hall–Kier alpha value is -2.15. The molecule has 2 aliphatic rings. The van der Waals surface area contributed by atoms with Crippen LogP contribution in [0.15, 0.2) is 48.8 Å². The van der Waals surface area contributed by atoms with E-state index in [9.17, 15) is 9.59 Å². The smallest absolute Gasteiger partial charge is 0.257 e. The van der Waals surface area contributed by atoms with Gasteiger partial charge in [-0.25, -0.2) is 0 Å². The van der Waals surface area contributed by atoms with Gasteiger partial charge in [0.2, 0.25) is 5.91 Å². The van der Waals surface area contributed by atoms with Crippen molar-refractivity contribution in [2.75, 3.05) is 5.32 Å². The number of halogens is 2. The Bertz CT molecular complexity index is 821. The van der Waals surface area contributed by atoms with Crippen molar-refractivity contribution in [3.8, 4) is 0 Å². The van der Waals surface area contributed by atoms with Gasteiger partial charge in [-0.2, -0.15) is 0 Å². The van der Waals surface area contributed by atoms with Gasteiger partial charge in [-0.3, -0.25) is 14.6 Å². The van der Waals surface area contributed by atoms with Gasteiger partial charge in [-0.05, 0) is 61.4 Å². The highest BCUT2D eigenvalue weighted by molar-refractivity contribution is 6.04. The van der Waals surface area contributed by atoms with E-state index in [0.717, 1.165) is 18.4 Å². The number of carbonyl (C=O) groups is 2. The molecule has 1 aromatic heterocycles. The lowest BCUT2D eigenvalue weighted by Gasteiger charge is -2.28. The monoisotopic (exact) mass is 450 g/mol. The Labute approximate surface area is 189 Å². The summed E-state index contributed by atoms with van der Waals surface area (Å²) in [7, 11) is 0. The summed E-state index contributed by atoms with van der Waals surface area (Å²) in [6.45, 7) is 0.507. The van der Waals surface area contributed by atoms with Gasteiger partial charge in [0.15, 0.2) is 0 Å². The highest BCUT2D eigenvalue weighted by Gasteiger charge is 2.34. The second-order valence-corrected chi connectivity index (χ2v) is 7.85. The Morgan fingerprint density at radius 2 is 1.73 bits per heavy atom. The second-order valence-electron chi connectivity index (χ2n) is 7.85. The molecule has 0 spiro atoms. The molecule has 2 fully saturated rings. The topological polar surface area (TPSA) is 83.1 Å². The maximum absolute atomic E-state index is 12.3. The van der Waals surface area contributed by atoms with Gasteiger partial charge in [0.25, 0.3) is 5.91 Å². The van der Waals surface area contributed by atoms with Gasteiger partial charge in [-0.15, -0.1) is 24.8 Å². The number of aromatic nitrogens is 1. The number of rotatable bonds is 6. The van der Waals surface area contributed by atoms with Crippen molar-refractivity contribution >= 4 is 42.3 Å². The highest BCUT2D eigenvalue weighted by Crippen LogP contribution is 2.32. The van der Waals surface area contributed by atoms with E-state index in [2.05, 4.69) is 20.9 Å². The number of pyridine rings is 1. The zero-order valence-corrected chi connectivity index (χ0v) is 18.3. The molecular formula is C22H28Cl2N4O2. The highest BCUT2D eigenvalue weighted by atomic mass is 35.5. The number of nitrogens with zero attached hydrogens (tertiary/aromatic N) is 1. The number of amides is 2. The fourth-order valence-corrected chi connectivity index (χ4v) is 4.28. The van der Waals surface area contributed by atoms with Crippen LogP contribution in [0.4, 0.5) is 5.69 Å². The van der Waals surface area contributed by atoms with Gasteiger partial charge < -0.3 is 16.0 Å². The van der Waals surface area contributed by atoms with Crippen molar-refractivity contribution in [3.63, 3.8) is 0 Å². The molecular weight excluding hydrogens is 423 g/mol. The molecule has 2 bridgehead atoms. The minimum absolute atomic E-state index is 0. The summed E-state index contributed by atoms with van der Waals surface area (Å²) in [5.74, 6) is 0.439. The Kier molecular flexibility index (Phi) is 9.08. The van der Waals surface area contributed by atoms with Crippen LogP contribution in [0, 0.1) is 5.92 Å². The van der Waals surface area contributed by atoms with E-state index in [1.807, 2.05) is 24.3 Å². The van der Waals surface area contributed by atoms with Crippen molar-refractivity contribution in [2.24, 2.45) is 5.92 Å². The summed E-state index contributed by atoms with van der Waals surface area (Å²) in [4.78, 5) is 28.4. The van der Waals surface area contributed by atoms with E-state index in [0.29, 0.717) is 42.2 Å². The maximum atomic E-state index is 12.3. The van der Waals surface area contributed by atoms with Crippen LogP contribution in [0.5, 0.6) is 0 Å². The number of nitrogens with one attached hydrogen (secondary N) is 3. The zero-order chi connectivity index (χ0) is 19.3. The molecule has 6 nitrogen and oxygen atoms in total. The first-order valence-electron chi connectivity index (χ1n) is 9.99. The summed E-state index contributed by atoms with van der Waals surface area (Å²) < 4.78 is 0. The largest absolute Gasteiger partial charge is 0.352 e. The van der Waals surface area contributed by atoms with Crippen LogP contribution in [-0.4, -0.2) is 28.9 Å². The van der Waals surface area contributed by atoms with Crippen molar-refractivity contribution in [1.29, 1.82) is 0 Å². The van der Waals surface area contributed by atoms with E-state index in [-0.39, 0.29) is 36.6 Å². The van der Waals surface area contributed by atoms with Crippen LogP contribution >= 0.6 is 24.8 Å². The molecule has 0 aliphatic carbocycles. The molecule has 3 heterocycles. The van der Waals surface area contributed by atoms with Crippen LogP contribution in [-0.2, 0) is 11.3 Å². The minimum atomic E-state index is -0.190. The van der Waals surface area contributed by atoms with Crippen LogP contribution in [0.2, 0.25) is 0 Å². The third kappa shape index (κ3) is 6.42. The van der Waals surface area contributed by atoms with Gasteiger partial charge in [0, 0.05) is 43.1 Å². The van der Waals surface area contributed by atoms with Gasteiger partial charge >= 0.3 is 0 Å². The number of hydrogen-bond donors (Lipinski definition) is 3. The zero-order valence-electron chi connectivity index (χ0n) is 16.7. The normalized spacial score (nSPS) is 21.7. The van der Waals surface area contributed by atoms with E-state index < -0.39 is 0 Å². The van der Waals surface area contributed by atoms with Gasteiger partial charge in [-0.1, -0.05) is 12.1 Å². The molecule has 4 rings (SSSR count). The number of hydrogen-bond acceptors (Lipinski definition) is 4. The molecule has 2 aliphatic heterocycles. The number of carbonyl (C=O) groups excluding carboxylic acids is 2. The SMILES string of the molecule is Cl.Cl.O=C(CC1CC2CCC(C1)N2)NCc1ccc(NC(=O)c2cccnc2)cc1. The first kappa shape index (κ1) is 24.1. The maximum Gasteiger partial charge on any atom is 0.257 e. The fraction of sp³-hybridized carbons (Fsp3) is 0.409. The summed E-state index contributed by atoms with van der Waals surface area (Å²) in [6.07, 6.45) is 8.54. The van der Waals surface area contributed by atoms with Crippen LogP contribution < -0.4 is 16.0 Å². The third-order valence-electron chi connectivity index (χ3n) is 5.67.